The number of fused-ring (bicyclic) bond motifs is 1. The molecule has 14 heavy (non-hydrogen) atoms. The number of hydrogen-bond acceptors (Lipinski definition) is 2. The van der Waals surface area contributed by atoms with Crippen LogP contribution in [-0.4, -0.2) is 17.6 Å². The van der Waals surface area contributed by atoms with E-state index < -0.39 is 5.97 Å². The van der Waals surface area contributed by atoms with Crippen LogP contribution in [0.25, 0.3) is 0 Å². The highest BCUT2D eigenvalue weighted by Gasteiger charge is 2.05. The zero-order valence-corrected chi connectivity index (χ0v) is 8.29. The highest BCUT2D eigenvalue weighted by atomic mass is 16.4. The van der Waals surface area contributed by atoms with Crippen molar-refractivity contribution in [2.24, 2.45) is 0 Å². The molecule has 1 aliphatic rings. The zero-order valence-electron chi connectivity index (χ0n) is 8.29. The minimum absolute atomic E-state index is 0.833. The molecule has 3 nitrogen and oxygen atoms in total. The van der Waals surface area contributed by atoms with Crippen LogP contribution in [0, 0.1) is 0 Å². The van der Waals surface area contributed by atoms with Crippen molar-refractivity contribution in [1.29, 1.82) is 0 Å². The summed E-state index contributed by atoms with van der Waals surface area (Å²) in [4.78, 5) is 9.00. The van der Waals surface area contributed by atoms with Crippen LogP contribution < -0.4 is 5.32 Å². The average Bonchev–Trinajstić information content (AvgIpc) is 2.17. The first-order chi connectivity index (χ1) is 6.70. The van der Waals surface area contributed by atoms with Crippen LogP contribution in [0.5, 0.6) is 0 Å². The Bertz CT molecular complexity index is 281. The van der Waals surface area contributed by atoms with Crippen LogP contribution in [-0.2, 0) is 17.8 Å². The smallest absolute Gasteiger partial charge is 0.300 e. The van der Waals surface area contributed by atoms with Crippen LogP contribution >= 0.6 is 0 Å². The second-order valence-electron chi connectivity index (χ2n) is 3.21. The molecule has 0 unspecified atom stereocenters. The van der Waals surface area contributed by atoms with Gasteiger partial charge in [-0.1, -0.05) is 24.3 Å². The molecule has 0 fully saturated rings. The van der Waals surface area contributed by atoms with E-state index >= 15 is 0 Å². The topological polar surface area (TPSA) is 49.3 Å². The van der Waals surface area contributed by atoms with Gasteiger partial charge in [0.05, 0.1) is 0 Å². The van der Waals surface area contributed by atoms with Crippen molar-refractivity contribution in [2.75, 3.05) is 6.54 Å². The summed E-state index contributed by atoms with van der Waals surface area (Å²) < 4.78 is 0. The van der Waals surface area contributed by atoms with Gasteiger partial charge in [0.25, 0.3) is 5.97 Å². The van der Waals surface area contributed by atoms with Crippen LogP contribution in [0.3, 0.4) is 0 Å². The maximum absolute atomic E-state index is 9.00. The van der Waals surface area contributed by atoms with Crippen molar-refractivity contribution in [3.05, 3.63) is 35.4 Å². The summed E-state index contributed by atoms with van der Waals surface area (Å²) in [5, 5.41) is 10.8. The number of nitrogens with one attached hydrogen (secondary N) is 1. The quantitative estimate of drug-likeness (QED) is 0.655. The van der Waals surface area contributed by atoms with Crippen LogP contribution in [0.4, 0.5) is 0 Å². The van der Waals surface area contributed by atoms with E-state index in [1.54, 1.807) is 0 Å². The number of carboxylic acids is 1. The van der Waals surface area contributed by atoms with Crippen molar-refractivity contribution in [1.82, 2.24) is 5.32 Å². The molecule has 76 valence electrons. The maximum atomic E-state index is 9.00. The van der Waals surface area contributed by atoms with Crippen molar-refractivity contribution in [3.63, 3.8) is 0 Å². The molecular formula is C11H15NO2. The largest absolute Gasteiger partial charge is 0.481 e. The average molecular weight is 193 g/mol. The molecule has 0 bridgehead atoms. The Morgan fingerprint density at radius 2 is 1.93 bits per heavy atom. The minimum atomic E-state index is -0.833. The third-order valence-electron chi connectivity index (χ3n) is 2.00. The van der Waals surface area contributed by atoms with Crippen LogP contribution in [0.15, 0.2) is 24.3 Å². The van der Waals surface area contributed by atoms with E-state index in [1.807, 2.05) is 0 Å². The summed E-state index contributed by atoms with van der Waals surface area (Å²) in [5.41, 5.74) is 2.98. The molecule has 3 heteroatoms. The van der Waals surface area contributed by atoms with Crippen molar-refractivity contribution in [3.8, 4) is 0 Å². The van der Waals surface area contributed by atoms with Gasteiger partial charge in [-0.3, -0.25) is 4.79 Å². The van der Waals surface area contributed by atoms with Gasteiger partial charge in [0, 0.05) is 13.5 Å². The molecule has 2 rings (SSSR count). The second-order valence-corrected chi connectivity index (χ2v) is 3.21. The lowest BCUT2D eigenvalue weighted by atomic mass is 10.0. The van der Waals surface area contributed by atoms with E-state index in [-0.39, 0.29) is 0 Å². The Morgan fingerprint density at radius 3 is 2.50 bits per heavy atom. The van der Waals surface area contributed by atoms with Crippen molar-refractivity contribution < 1.29 is 9.90 Å². The molecule has 1 aromatic carbocycles. The normalized spacial score (nSPS) is 13.5. The first-order valence-electron chi connectivity index (χ1n) is 4.67. The third kappa shape index (κ3) is 3.58. The molecule has 0 spiro atoms. The Hall–Kier alpha value is -1.35. The summed E-state index contributed by atoms with van der Waals surface area (Å²) in [7, 11) is 0. The van der Waals surface area contributed by atoms with Gasteiger partial charge in [-0.2, -0.15) is 0 Å². The fourth-order valence-corrected chi connectivity index (χ4v) is 1.42. The first-order valence-corrected chi connectivity index (χ1v) is 4.67. The summed E-state index contributed by atoms with van der Waals surface area (Å²) in [6.45, 7) is 3.27. The van der Waals surface area contributed by atoms with Gasteiger partial charge in [0.1, 0.15) is 0 Å². The van der Waals surface area contributed by atoms with Crippen LogP contribution in [0.2, 0.25) is 0 Å². The predicted molar refractivity (Wildman–Crippen MR) is 55.2 cm³/mol. The molecule has 1 aliphatic heterocycles. The lowest BCUT2D eigenvalue weighted by Gasteiger charge is -2.15. The van der Waals surface area contributed by atoms with Gasteiger partial charge in [0.15, 0.2) is 0 Å². The molecule has 2 N–H and O–H groups in total. The summed E-state index contributed by atoms with van der Waals surface area (Å²) in [6.07, 6.45) is 1.19. The van der Waals surface area contributed by atoms with E-state index in [1.165, 1.54) is 17.5 Å². The van der Waals surface area contributed by atoms with Crippen molar-refractivity contribution >= 4 is 5.97 Å². The fraction of sp³-hybridized carbons (Fsp3) is 0.364. The predicted octanol–water partition coefficient (Wildman–Crippen LogP) is 1.42. The zero-order chi connectivity index (χ0) is 10.4. The highest BCUT2D eigenvalue weighted by molar-refractivity contribution is 5.62. The molecule has 0 aromatic heterocycles. The van der Waals surface area contributed by atoms with Gasteiger partial charge in [-0.05, 0) is 24.1 Å². The third-order valence-corrected chi connectivity index (χ3v) is 2.00. The van der Waals surface area contributed by atoms with E-state index in [0.29, 0.717) is 0 Å². The Kier molecular flexibility index (Phi) is 4.13. The Labute approximate surface area is 83.8 Å². The molecule has 0 radical (unpaired) electrons. The standard InChI is InChI=1S/C9H11N.C2H4O2/c1-2-4-9-7-10-6-5-8(9)3-1;1-2(3)4/h1-4,10H,5-7H2;1H3,(H,3,4). The molecule has 0 amide bonds. The number of carbonyl (C=O) groups is 1. The summed E-state index contributed by atoms with van der Waals surface area (Å²) in [6, 6.07) is 8.63. The molecule has 0 atom stereocenters. The van der Waals surface area contributed by atoms with Crippen molar-refractivity contribution in [2.45, 2.75) is 19.9 Å². The minimum Gasteiger partial charge on any atom is -0.481 e. The molecule has 0 saturated heterocycles. The number of carboxylic acid groups (broad SMARTS) is 1. The molecule has 0 aliphatic carbocycles. The SMILES string of the molecule is CC(=O)O.c1ccc2c(c1)CCNC2. The van der Waals surface area contributed by atoms with Gasteiger partial charge < -0.3 is 10.4 Å². The number of aliphatic carboxylic acids is 1. The number of hydrogen-bond donors (Lipinski definition) is 2. The van der Waals surface area contributed by atoms with Gasteiger partial charge >= 0.3 is 0 Å². The molecule has 1 heterocycles. The van der Waals surface area contributed by atoms with Gasteiger partial charge in [-0.25, -0.2) is 0 Å². The van der Waals surface area contributed by atoms with Gasteiger partial charge in [0.2, 0.25) is 0 Å². The lowest BCUT2D eigenvalue weighted by Crippen LogP contribution is -2.23. The van der Waals surface area contributed by atoms with E-state index in [2.05, 4.69) is 29.6 Å². The Balaban J connectivity index is 0.000000213. The highest BCUT2D eigenvalue weighted by Crippen LogP contribution is 2.11. The summed E-state index contributed by atoms with van der Waals surface area (Å²) in [5.74, 6) is -0.833. The van der Waals surface area contributed by atoms with Gasteiger partial charge in [-0.15, -0.1) is 0 Å². The van der Waals surface area contributed by atoms with Crippen LogP contribution in [0.1, 0.15) is 18.1 Å². The van der Waals surface area contributed by atoms with E-state index in [0.717, 1.165) is 20.0 Å². The van der Waals surface area contributed by atoms with E-state index in [4.69, 9.17) is 9.90 Å². The fourth-order valence-electron chi connectivity index (χ4n) is 1.42. The molecule has 1 aromatic rings. The molecular weight excluding hydrogens is 178 g/mol. The monoisotopic (exact) mass is 193 g/mol. The number of benzene rings is 1. The number of rotatable bonds is 0. The summed E-state index contributed by atoms with van der Waals surface area (Å²) >= 11 is 0. The second kappa shape index (κ2) is 5.40. The molecule has 0 saturated carbocycles. The maximum Gasteiger partial charge on any atom is 0.300 e. The van der Waals surface area contributed by atoms with E-state index in [9.17, 15) is 0 Å². The first kappa shape index (κ1) is 10.7. The Morgan fingerprint density at radius 1 is 1.36 bits per heavy atom. The lowest BCUT2D eigenvalue weighted by molar-refractivity contribution is -0.134.